The fourth-order valence-electron chi connectivity index (χ4n) is 3.81. The fourth-order valence-corrected chi connectivity index (χ4v) is 3.81. The molecule has 1 aliphatic heterocycles. The van der Waals surface area contributed by atoms with E-state index in [-0.39, 0.29) is 17.4 Å². The Balaban J connectivity index is 1.87. The molecule has 0 saturated carbocycles. The van der Waals surface area contributed by atoms with Crippen molar-refractivity contribution in [2.75, 3.05) is 12.0 Å². The number of hydrogen-bond acceptors (Lipinski definition) is 6. The molecule has 1 fully saturated rings. The van der Waals surface area contributed by atoms with E-state index in [9.17, 15) is 14.7 Å². The molecule has 0 radical (unpaired) electrons. The Morgan fingerprint density at radius 3 is 2.39 bits per heavy atom. The lowest BCUT2D eigenvalue weighted by Gasteiger charge is -2.24. The molecule has 2 heterocycles. The van der Waals surface area contributed by atoms with Gasteiger partial charge in [0.15, 0.2) is 0 Å². The van der Waals surface area contributed by atoms with Gasteiger partial charge in [-0.1, -0.05) is 18.2 Å². The van der Waals surface area contributed by atoms with Gasteiger partial charge in [-0.2, -0.15) is 0 Å². The summed E-state index contributed by atoms with van der Waals surface area (Å²) in [4.78, 5) is 31.8. The SMILES string of the molecule is COc1cccc([C@@H]2C(=C(O)c3ccc(OC(C)C)cc3)C(=O)C(=O)N2c2ccccn2)c1. The van der Waals surface area contributed by atoms with Gasteiger partial charge in [-0.15, -0.1) is 0 Å². The van der Waals surface area contributed by atoms with E-state index < -0.39 is 17.7 Å². The summed E-state index contributed by atoms with van der Waals surface area (Å²) in [5.74, 6) is -0.298. The number of benzene rings is 2. The van der Waals surface area contributed by atoms with E-state index in [1.165, 1.54) is 12.0 Å². The summed E-state index contributed by atoms with van der Waals surface area (Å²) in [7, 11) is 1.54. The predicted molar refractivity (Wildman–Crippen MR) is 124 cm³/mol. The van der Waals surface area contributed by atoms with Crippen molar-refractivity contribution in [1.82, 2.24) is 4.98 Å². The molecule has 1 saturated heterocycles. The maximum Gasteiger partial charge on any atom is 0.301 e. The number of Topliss-reactive ketones (excluding diaryl/α,β-unsaturated/α-hetero) is 1. The van der Waals surface area contributed by atoms with Crippen molar-refractivity contribution < 1.29 is 24.2 Å². The van der Waals surface area contributed by atoms with E-state index in [2.05, 4.69) is 4.98 Å². The molecule has 4 rings (SSSR count). The molecule has 0 bridgehead atoms. The third kappa shape index (κ3) is 4.30. The standard InChI is InChI=1S/C26H24N2O5/c1-16(2)33-19-12-10-17(11-13-19)24(29)22-23(18-7-6-8-20(15-18)32-3)28(26(31)25(22)30)21-9-4-5-14-27-21/h4-16,23,29H,1-3H3/t23-/m1/s1. The van der Waals surface area contributed by atoms with Gasteiger partial charge >= 0.3 is 5.91 Å². The topological polar surface area (TPSA) is 89.0 Å². The quantitative estimate of drug-likeness (QED) is 0.342. The summed E-state index contributed by atoms with van der Waals surface area (Å²) in [6.07, 6.45) is 1.55. The van der Waals surface area contributed by atoms with Gasteiger partial charge in [-0.05, 0) is 67.9 Å². The number of nitrogens with zero attached hydrogens (tertiary/aromatic N) is 2. The number of rotatable bonds is 6. The van der Waals surface area contributed by atoms with Crippen molar-refractivity contribution in [1.29, 1.82) is 0 Å². The number of ether oxygens (including phenoxy) is 2. The Hall–Kier alpha value is -4.13. The maximum absolute atomic E-state index is 13.2. The van der Waals surface area contributed by atoms with E-state index in [0.29, 0.717) is 28.4 Å². The van der Waals surface area contributed by atoms with E-state index >= 15 is 0 Å². The van der Waals surface area contributed by atoms with E-state index in [4.69, 9.17) is 9.47 Å². The molecule has 1 aliphatic rings. The van der Waals surface area contributed by atoms with Crippen LogP contribution in [0.4, 0.5) is 5.82 Å². The molecular formula is C26H24N2O5. The molecule has 7 heteroatoms. The number of aromatic nitrogens is 1. The zero-order valence-electron chi connectivity index (χ0n) is 18.6. The zero-order chi connectivity index (χ0) is 23.5. The van der Waals surface area contributed by atoms with Crippen molar-refractivity contribution in [2.24, 2.45) is 0 Å². The van der Waals surface area contributed by atoms with Crippen LogP contribution in [0.1, 0.15) is 31.0 Å². The third-order valence-corrected chi connectivity index (χ3v) is 5.25. The van der Waals surface area contributed by atoms with Crippen LogP contribution in [0.25, 0.3) is 5.76 Å². The molecule has 1 amide bonds. The van der Waals surface area contributed by atoms with Crippen LogP contribution in [-0.2, 0) is 9.59 Å². The number of amides is 1. The number of anilines is 1. The Morgan fingerprint density at radius 2 is 1.76 bits per heavy atom. The van der Waals surface area contributed by atoms with Crippen LogP contribution >= 0.6 is 0 Å². The largest absolute Gasteiger partial charge is 0.507 e. The van der Waals surface area contributed by atoms with Crippen molar-refractivity contribution in [3.8, 4) is 11.5 Å². The normalized spacial score (nSPS) is 17.5. The molecule has 0 aliphatic carbocycles. The van der Waals surface area contributed by atoms with Gasteiger partial charge in [0.2, 0.25) is 0 Å². The first-order chi connectivity index (χ1) is 15.9. The molecule has 1 aromatic heterocycles. The highest BCUT2D eigenvalue weighted by Gasteiger charge is 2.47. The highest BCUT2D eigenvalue weighted by molar-refractivity contribution is 6.51. The van der Waals surface area contributed by atoms with Crippen LogP contribution in [0.5, 0.6) is 11.5 Å². The number of aliphatic hydroxyl groups excluding tert-OH is 1. The molecule has 1 atom stereocenters. The second kappa shape index (κ2) is 9.16. The number of ketones is 1. The lowest BCUT2D eigenvalue weighted by Crippen LogP contribution is -2.30. The minimum atomic E-state index is -0.874. The summed E-state index contributed by atoms with van der Waals surface area (Å²) < 4.78 is 11.0. The number of methoxy groups -OCH3 is 1. The van der Waals surface area contributed by atoms with Crippen LogP contribution in [0.2, 0.25) is 0 Å². The second-order valence-corrected chi connectivity index (χ2v) is 7.82. The average Bonchev–Trinajstić information content (AvgIpc) is 3.10. The number of carbonyl (C=O) groups excluding carboxylic acids is 2. The van der Waals surface area contributed by atoms with Crippen molar-refractivity contribution in [2.45, 2.75) is 26.0 Å². The molecule has 33 heavy (non-hydrogen) atoms. The lowest BCUT2D eigenvalue weighted by atomic mass is 9.95. The minimum Gasteiger partial charge on any atom is -0.507 e. The van der Waals surface area contributed by atoms with E-state index in [1.54, 1.807) is 72.9 Å². The average molecular weight is 444 g/mol. The molecule has 0 spiro atoms. The summed E-state index contributed by atoms with van der Waals surface area (Å²) in [5.41, 5.74) is 0.995. The Kier molecular flexibility index (Phi) is 6.13. The summed E-state index contributed by atoms with van der Waals surface area (Å²) in [5, 5.41) is 11.2. The Morgan fingerprint density at radius 1 is 1.00 bits per heavy atom. The van der Waals surface area contributed by atoms with Gasteiger partial charge in [0, 0.05) is 11.8 Å². The monoisotopic (exact) mass is 444 g/mol. The van der Waals surface area contributed by atoms with Crippen LogP contribution in [0.15, 0.2) is 78.5 Å². The second-order valence-electron chi connectivity index (χ2n) is 7.82. The molecule has 1 N–H and O–H groups in total. The van der Waals surface area contributed by atoms with E-state index in [1.807, 2.05) is 13.8 Å². The number of aliphatic hydroxyl groups is 1. The van der Waals surface area contributed by atoms with Crippen molar-refractivity contribution in [3.63, 3.8) is 0 Å². The smallest absolute Gasteiger partial charge is 0.301 e. The molecule has 2 aromatic carbocycles. The zero-order valence-corrected chi connectivity index (χ0v) is 18.6. The first-order valence-electron chi connectivity index (χ1n) is 10.5. The molecule has 0 unspecified atom stereocenters. The summed E-state index contributed by atoms with van der Waals surface area (Å²) in [6, 6.07) is 18.0. The molecule has 7 nitrogen and oxygen atoms in total. The first-order valence-corrected chi connectivity index (χ1v) is 10.5. The summed E-state index contributed by atoms with van der Waals surface area (Å²) in [6.45, 7) is 3.84. The number of pyridine rings is 1. The van der Waals surface area contributed by atoms with Gasteiger partial charge in [0.1, 0.15) is 23.1 Å². The minimum absolute atomic E-state index is 0.00112. The predicted octanol–water partition coefficient (Wildman–Crippen LogP) is 4.50. The van der Waals surface area contributed by atoms with Crippen LogP contribution in [0.3, 0.4) is 0 Å². The van der Waals surface area contributed by atoms with Gasteiger partial charge in [0.25, 0.3) is 5.78 Å². The maximum atomic E-state index is 13.2. The third-order valence-electron chi connectivity index (χ3n) is 5.25. The van der Waals surface area contributed by atoms with Crippen molar-refractivity contribution >= 4 is 23.3 Å². The summed E-state index contributed by atoms with van der Waals surface area (Å²) >= 11 is 0. The highest BCUT2D eigenvalue weighted by atomic mass is 16.5. The number of carbonyl (C=O) groups is 2. The van der Waals surface area contributed by atoms with Crippen molar-refractivity contribution in [3.05, 3.63) is 89.6 Å². The number of hydrogen-bond donors (Lipinski definition) is 1. The lowest BCUT2D eigenvalue weighted by molar-refractivity contribution is -0.132. The molecule has 3 aromatic rings. The van der Waals surface area contributed by atoms with Gasteiger partial charge in [0.05, 0.1) is 24.8 Å². The molecule has 168 valence electrons. The van der Waals surface area contributed by atoms with E-state index in [0.717, 1.165) is 0 Å². The highest BCUT2D eigenvalue weighted by Crippen LogP contribution is 2.42. The van der Waals surface area contributed by atoms with Gasteiger partial charge in [-0.3, -0.25) is 14.5 Å². The van der Waals surface area contributed by atoms with Crippen LogP contribution in [-0.4, -0.2) is 35.0 Å². The van der Waals surface area contributed by atoms with Gasteiger partial charge < -0.3 is 14.6 Å². The van der Waals surface area contributed by atoms with Crippen LogP contribution < -0.4 is 14.4 Å². The fraction of sp³-hybridized carbons (Fsp3) is 0.192. The first kappa shape index (κ1) is 22.1. The molecular weight excluding hydrogens is 420 g/mol. The Labute approximate surface area is 191 Å². The van der Waals surface area contributed by atoms with Gasteiger partial charge in [-0.25, -0.2) is 4.98 Å². The Bertz CT molecular complexity index is 1200. The van der Waals surface area contributed by atoms with Crippen LogP contribution in [0, 0.1) is 0 Å².